The zero-order valence-corrected chi connectivity index (χ0v) is 7.69. The van der Waals surface area contributed by atoms with E-state index >= 15 is 0 Å². The molecule has 0 unspecified atom stereocenters. The Morgan fingerprint density at radius 2 is 1.75 bits per heavy atom. The monoisotopic (exact) mass is 147 g/mol. The van der Waals surface area contributed by atoms with Gasteiger partial charge in [-0.1, -0.05) is 13.8 Å². The Bertz CT molecular complexity index is 33.6. The van der Waals surface area contributed by atoms with Gasteiger partial charge in [-0.05, 0) is 12.3 Å². The number of aliphatic hydroxyl groups excluding tert-OH is 1. The summed E-state index contributed by atoms with van der Waals surface area (Å²) in [6.45, 7) is 4.52. The van der Waals surface area contributed by atoms with E-state index in [1.165, 1.54) is 0 Å². The maximum Gasteiger partial charge on any atom is 2.00 e. The minimum absolute atomic E-state index is 0. The third-order valence-electron chi connectivity index (χ3n) is 0.706. The number of aliphatic hydroxyl groups is 1. The smallest absolute Gasteiger partial charge is 1.00 e. The maximum atomic E-state index is 8.24. The molecule has 0 radical (unpaired) electrons. The second-order valence-corrected chi connectivity index (χ2v) is 1.91. The van der Waals surface area contributed by atoms with E-state index in [1.807, 2.05) is 0 Å². The summed E-state index contributed by atoms with van der Waals surface area (Å²) in [7, 11) is 0. The molecule has 0 aromatic rings. The molecule has 0 aliphatic heterocycles. The van der Waals surface area contributed by atoms with Gasteiger partial charge in [0.15, 0.2) is 0 Å². The van der Waals surface area contributed by atoms with E-state index in [-0.39, 0.29) is 35.5 Å². The van der Waals surface area contributed by atoms with Crippen molar-refractivity contribution in [2.24, 2.45) is 5.92 Å². The van der Waals surface area contributed by atoms with Gasteiger partial charge in [-0.25, -0.2) is 0 Å². The molecule has 0 bridgehead atoms. The van der Waals surface area contributed by atoms with Crippen LogP contribution in [0.15, 0.2) is 0 Å². The van der Waals surface area contributed by atoms with E-state index in [0.29, 0.717) is 12.5 Å². The molecule has 46 valence electrons. The van der Waals surface area contributed by atoms with Crippen LogP contribution in [0.1, 0.15) is 20.3 Å². The summed E-state index contributed by atoms with van der Waals surface area (Å²) >= 11 is 0. The van der Waals surface area contributed by atoms with E-state index in [2.05, 4.69) is 13.8 Å². The van der Waals surface area contributed by atoms with Crippen LogP contribution in [0.4, 0.5) is 0 Å². The first-order chi connectivity index (χ1) is 2.77. The van der Waals surface area contributed by atoms with Gasteiger partial charge in [-0.15, -0.1) is 0 Å². The Balaban J connectivity index is -0.000000125. The Morgan fingerprint density at radius 1 is 1.38 bits per heavy atom. The average Bonchev–Trinajstić information content (AvgIpc) is 1.35. The standard InChI is InChI=1S/C5H12O.ClH.Mg/c1-5(2)3-4-6;;/h5-6H,3-4H2,1-2H3;1H;/q;;+2/p-1. The largest absolute Gasteiger partial charge is 2.00 e. The van der Waals surface area contributed by atoms with Gasteiger partial charge in [-0.2, -0.15) is 0 Å². The average molecular weight is 148 g/mol. The summed E-state index contributed by atoms with van der Waals surface area (Å²) in [5, 5.41) is 8.24. The second-order valence-electron chi connectivity index (χ2n) is 1.91. The summed E-state index contributed by atoms with van der Waals surface area (Å²) in [6.07, 6.45) is 0.931. The van der Waals surface area contributed by atoms with Crippen molar-refractivity contribution in [1.29, 1.82) is 0 Å². The number of hydrogen-bond donors (Lipinski definition) is 1. The summed E-state index contributed by atoms with van der Waals surface area (Å²) in [5.74, 6) is 0.648. The van der Waals surface area contributed by atoms with Gasteiger partial charge < -0.3 is 17.5 Å². The van der Waals surface area contributed by atoms with Crippen LogP contribution in [-0.2, 0) is 0 Å². The normalized spacial score (nSPS) is 7.50. The first-order valence-corrected chi connectivity index (χ1v) is 2.38. The molecule has 0 heterocycles. The van der Waals surface area contributed by atoms with E-state index in [4.69, 9.17) is 5.11 Å². The third-order valence-corrected chi connectivity index (χ3v) is 0.706. The molecule has 1 N–H and O–H groups in total. The summed E-state index contributed by atoms with van der Waals surface area (Å²) in [4.78, 5) is 0. The van der Waals surface area contributed by atoms with Crippen molar-refractivity contribution in [2.45, 2.75) is 20.3 Å². The zero-order valence-electron chi connectivity index (χ0n) is 5.52. The molecule has 0 saturated carbocycles. The SMILES string of the molecule is CC(C)CCO.[Cl-].[Mg+2]. The van der Waals surface area contributed by atoms with Crippen LogP contribution >= 0.6 is 0 Å². The summed E-state index contributed by atoms with van der Waals surface area (Å²) in [6, 6.07) is 0. The molecule has 0 aliphatic rings. The van der Waals surface area contributed by atoms with Gasteiger partial charge in [-0.3, -0.25) is 0 Å². The molecular weight excluding hydrogens is 136 g/mol. The molecule has 8 heavy (non-hydrogen) atoms. The van der Waals surface area contributed by atoms with Gasteiger partial charge in [0.1, 0.15) is 0 Å². The van der Waals surface area contributed by atoms with E-state index in [0.717, 1.165) is 6.42 Å². The van der Waals surface area contributed by atoms with Crippen LogP contribution in [0.25, 0.3) is 0 Å². The van der Waals surface area contributed by atoms with Crippen molar-refractivity contribution in [2.75, 3.05) is 6.61 Å². The molecule has 0 amide bonds. The molecule has 0 fully saturated rings. The van der Waals surface area contributed by atoms with Crippen LogP contribution in [0.5, 0.6) is 0 Å². The molecule has 0 aromatic carbocycles. The molecule has 0 rings (SSSR count). The fraction of sp³-hybridized carbons (Fsp3) is 1.00. The molecule has 0 atom stereocenters. The molecular formula is C5H12ClMgO+. The van der Waals surface area contributed by atoms with Gasteiger partial charge in [0, 0.05) is 6.61 Å². The van der Waals surface area contributed by atoms with Crippen LogP contribution in [0.2, 0.25) is 0 Å². The Morgan fingerprint density at radius 3 is 1.75 bits per heavy atom. The molecule has 0 aromatic heterocycles. The van der Waals surface area contributed by atoms with Crippen molar-refractivity contribution in [3.8, 4) is 0 Å². The molecule has 0 aliphatic carbocycles. The van der Waals surface area contributed by atoms with E-state index < -0.39 is 0 Å². The van der Waals surface area contributed by atoms with Crippen molar-refractivity contribution in [3.63, 3.8) is 0 Å². The topological polar surface area (TPSA) is 20.2 Å². The van der Waals surface area contributed by atoms with Crippen LogP contribution in [-0.4, -0.2) is 34.8 Å². The Kier molecular flexibility index (Phi) is 21.8. The van der Waals surface area contributed by atoms with Crippen LogP contribution in [0, 0.1) is 5.92 Å². The number of halogens is 1. The first-order valence-electron chi connectivity index (χ1n) is 2.38. The minimum Gasteiger partial charge on any atom is -1.00 e. The van der Waals surface area contributed by atoms with E-state index in [9.17, 15) is 0 Å². The van der Waals surface area contributed by atoms with E-state index in [1.54, 1.807) is 0 Å². The second kappa shape index (κ2) is 10.9. The van der Waals surface area contributed by atoms with Crippen LogP contribution < -0.4 is 12.4 Å². The molecule has 0 saturated heterocycles. The van der Waals surface area contributed by atoms with Crippen molar-refractivity contribution in [1.82, 2.24) is 0 Å². The fourth-order valence-electron chi connectivity index (χ4n) is 0.258. The molecule has 0 spiro atoms. The molecule has 1 nitrogen and oxygen atoms in total. The molecule has 3 heteroatoms. The zero-order chi connectivity index (χ0) is 4.99. The first kappa shape index (κ1) is 16.0. The van der Waals surface area contributed by atoms with Gasteiger partial charge >= 0.3 is 23.1 Å². The number of hydrogen-bond acceptors (Lipinski definition) is 1. The maximum absolute atomic E-state index is 8.24. The Labute approximate surface area is 73.4 Å². The van der Waals surface area contributed by atoms with Crippen LogP contribution in [0.3, 0.4) is 0 Å². The van der Waals surface area contributed by atoms with Crippen molar-refractivity contribution < 1.29 is 17.5 Å². The van der Waals surface area contributed by atoms with Gasteiger partial charge in [0.25, 0.3) is 0 Å². The van der Waals surface area contributed by atoms with Crippen molar-refractivity contribution >= 4 is 23.1 Å². The predicted molar refractivity (Wildman–Crippen MR) is 32.3 cm³/mol. The van der Waals surface area contributed by atoms with Gasteiger partial charge in [0.05, 0.1) is 0 Å². The Hall–Kier alpha value is 1.02. The fourth-order valence-corrected chi connectivity index (χ4v) is 0.258. The summed E-state index contributed by atoms with van der Waals surface area (Å²) in [5.41, 5.74) is 0. The summed E-state index contributed by atoms with van der Waals surface area (Å²) < 4.78 is 0. The van der Waals surface area contributed by atoms with Gasteiger partial charge in [0.2, 0.25) is 0 Å². The number of rotatable bonds is 2. The predicted octanol–water partition coefficient (Wildman–Crippen LogP) is -2.35. The minimum atomic E-state index is 0. The quantitative estimate of drug-likeness (QED) is 0.434. The third kappa shape index (κ3) is 15.7. The van der Waals surface area contributed by atoms with Crippen molar-refractivity contribution in [3.05, 3.63) is 0 Å².